The molecule has 1 aliphatic rings. The quantitative estimate of drug-likeness (QED) is 0.0498. The Hall–Kier alpha value is -3.97. The lowest BCUT2D eigenvalue weighted by Gasteiger charge is -2.30. The van der Waals surface area contributed by atoms with Crippen molar-refractivity contribution in [2.45, 2.75) is 89.2 Å². The van der Waals surface area contributed by atoms with Crippen LogP contribution >= 0.6 is 7.75 Å². The van der Waals surface area contributed by atoms with E-state index in [1.165, 1.54) is 10.9 Å². The van der Waals surface area contributed by atoms with E-state index in [0.717, 1.165) is 25.7 Å². The molecule has 1 fully saturated rings. The zero-order valence-corrected chi connectivity index (χ0v) is 29.1. The number of carbonyl (C=O) groups excluding carboxylic acids is 2. The smallest absolute Gasteiger partial charge is 0.406 e. The summed E-state index contributed by atoms with van der Waals surface area (Å²) in [7, 11) is -4.62. The van der Waals surface area contributed by atoms with Crippen molar-refractivity contribution < 1.29 is 46.9 Å². The van der Waals surface area contributed by atoms with E-state index >= 15 is 0 Å². The van der Waals surface area contributed by atoms with E-state index in [-0.39, 0.29) is 43.0 Å². The molecule has 5 atom stereocenters. The second kappa shape index (κ2) is 18.3. The van der Waals surface area contributed by atoms with E-state index < -0.39 is 63.0 Å². The molecule has 1 aliphatic heterocycles. The summed E-state index contributed by atoms with van der Waals surface area (Å²) < 4.78 is 57.8. The van der Waals surface area contributed by atoms with Crippen molar-refractivity contribution in [2.24, 2.45) is 0 Å². The van der Waals surface area contributed by atoms with Crippen LogP contribution in [0.2, 0.25) is 0 Å². The summed E-state index contributed by atoms with van der Waals surface area (Å²) in [5.41, 5.74) is 4.67. The third kappa shape index (κ3) is 10.3. The minimum atomic E-state index is -4.62. The number of aliphatic hydroxyl groups excluding tert-OH is 1. The van der Waals surface area contributed by atoms with E-state index in [1.807, 2.05) is 19.9 Å². The Morgan fingerprint density at radius 1 is 1.16 bits per heavy atom. The number of hydrogen-bond acceptors (Lipinski definition) is 13. The number of hydrogen-bond donors (Lipinski definition) is 3. The fourth-order valence-corrected chi connectivity index (χ4v) is 6.64. The van der Waals surface area contributed by atoms with Crippen LogP contribution in [0.3, 0.4) is 0 Å². The number of anilines is 1. The first-order valence-electron chi connectivity index (χ1n) is 16.5. The first kappa shape index (κ1) is 38.8. The van der Waals surface area contributed by atoms with E-state index in [2.05, 4.69) is 26.0 Å². The third-order valence-corrected chi connectivity index (χ3v) is 9.54. The molecule has 272 valence electrons. The van der Waals surface area contributed by atoms with Crippen LogP contribution in [0.15, 0.2) is 36.7 Å². The highest BCUT2D eigenvalue weighted by Gasteiger charge is 2.50. The van der Waals surface area contributed by atoms with Crippen molar-refractivity contribution >= 4 is 36.7 Å². The largest absolute Gasteiger partial charge is 0.465 e. The zero-order chi connectivity index (χ0) is 36.1. The molecule has 0 spiro atoms. The minimum absolute atomic E-state index is 0.00439. The molecule has 1 aromatic carbocycles. The van der Waals surface area contributed by atoms with Crippen LogP contribution in [0.4, 0.5) is 10.2 Å². The second-order valence-corrected chi connectivity index (χ2v) is 13.5. The van der Waals surface area contributed by atoms with Gasteiger partial charge < -0.3 is 25.1 Å². The maximum absolute atomic E-state index is 14.4. The average Bonchev–Trinajstić information content (AvgIpc) is 3.68. The van der Waals surface area contributed by atoms with Crippen LogP contribution in [0.1, 0.15) is 70.6 Å². The maximum atomic E-state index is 14.4. The summed E-state index contributed by atoms with van der Waals surface area (Å²) in [6.45, 7) is 2.78. The van der Waals surface area contributed by atoms with E-state index in [1.54, 1.807) is 24.3 Å². The van der Waals surface area contributed by atoms with Gasteiger partial charge in [0.1, 0.15) is 25.0 Å². The van der Waals surface area contributed by atoms with Crippen LogP contribution < -0.4 is 10.8 Å². The van der Waals surface area contributed by atoms with Crippen molar-refractivity contribution in [1.29, 1.82) is 0 Å². The highest BCUT2D eigenvalue weighted by atomic mass is 31.2. The Bertz CT molecular complexity index is 1670. The van der Waals surface area contributed by atoms with Crippen LogP contribution in [0.25, 0.3) is 11.2 Å². The molecule has 0 saturated carbocycles. The van der Waals surface area contributed by atoms with Gasteiger partial charge in [0.15, 0.2) is 29.2 Å². The number of benzene rings is 1. The molecular weight excluding hydrogens is 674 g/mol. The third-order valence-electron chi connectivity index (χ3n) is 7.97. The molecule has 4 rings (SSSR count). The van der Waals surface area contributed by atoms with Crippen molar-refractivity contribution in [1.82, 2.24) is 24.6 Å². The number of unbranched alkanes of at least 4 members (excludes halogenated alkanes) is 4. The van der Waals surface area contributed by atoms with Gasteiger partial charge in [-0.1, -0.05) is 75.8 Å². The molecule has 1 unspecified atom stereocenters. The van der Waals surface area contributed by atoms with Gasteiger partial charge in [-0.05, 0) is 24.8 Å². The number of nitrogens with two attached hydrogens (primary N) is 1. The monoisotopic (exact) mass is 718 g/mol. The first-order valence-corrected chi connectivity index (χ1v) is 18.1. The summed E-state index contributed by atoms with van der Waals surface area (Å²) >= 11 is 0. The molecule has 15 nitrogen and oxygen atoms in total. The Morgan fingerprint density at radius 3 is 2.54 bits per heavy atom. The molecule has 3 aromatic rings. The predicted octanol–water partition coefficient (Wildman–Crippen LogP) is 4.01. The molecule has 1 saturated heterocycles. The number of rotatable bonds is 20. The van der Waals surface area contributed by atoms with Gasteiger partial charge in [0.2, 0.25) is 0 Å². The molecule has 4 N–H and O–H groups in total. The van der Waals surface area contributed by atoms with Gasteiger partial charge in [-0.25, -0.2) is 19.4 Å². The van der Waals surface area contributed by atoms with Crippen molar-refractivity contribution in [3.8, 4) is 12.3 Å². The van der Waals surface area contributed by atoms with Crippen LogP contribution in [-0.2, 0) is 43.8 Å². The van der Waals surface area contributed by atoms with Gasteiger partial charge in [-0.2, -0.15) is 14.4 Å². The second-order valence-electron chi connectivity index (χ2n) is 11.8. The molecular formula is C33H44FN6O9P. The van der Waals surface area contributed by atoms with Gasteiger partial charge in [0.25, 0.3) is 0 Å². The van der Waals surface area contributed by atoms with Crippen molar-refractivity contribution in [3.05, 3.63) is 48.3 Å². The lowest BCUT2D eigenvalue weighted by molar-refractivity contribution is -0.146. The Balaban J connectivity index is 1.56. The highest BCUT2D eigenvalue weighted by Crippen LogP contribution is 2.48. The van der Waals surface area contributed by atoms with Crippen LogP contribution in [-0.4, -0.2) is 80.7 Å². The van der Waals surface area contributed by atoms with E-state index in [4.69, 9.17) is 35.4 Å². The number of terminal acetylenes is 1. The average molecular weight is 719 g/mol. The fraction of sp³-hybridized carbons (Fsp3) is 0.545. The van der Waals surface area contributed by atoms with Gasteiger partial charge in [-0.3, -0.25) is 18.4 Å². The Morgan fingerprint density at radius 2 is 1.86 bits per heavy atom. The summed E-state index contributed by atoms with van der Waals surface area (Å²) in [4.78, 5) is 37.2. The normalized spacial score (nSPS) is 20.6. The Labute approximate surface area is 290 Å². The lowest BCUT2D eigenvalue weighted by Crippen LogP contribution is -2.44. The number of halogens is 1. The highest BCUT2D eigenvalue weighted by molar-refractivity contribution is 7.51. The van der Waals surface area contributed by atoms with Crippen molar-refractivity contribution in [3.63, 3.8) is 0 Å². The fourth-order valence-electron chi connectivity index (χ4n) is 5.20. The number of fused-ring (bicyclic) bond motifs is 1. The maximum Gasteiger partial charge on any atom is 0.406 e. The van der Waals surface area contributed by atoms with Gasteiger partial charge in [-0.15, -0.1) is 6.42 Å². The molecule has 0 bridgehead atoms. The number of aromatic nitrogens is 4. The molecule has 0 radical (unpaired) electrons. The van der Waals surface area contributed by atoms with Gasteiger partial charge in [0.05, 0.1) is 19.5 Å². The number of nitrogen functional groups attached to an aromatic ring is 1. The zero-order valence-electron chi connectivity index (χ0n) is 28.2. The standard InChI is InChI=1S/C33H44FN6O9P/c1-4-7-12-16-45-27(42)20-47-50(44,39-24(18-23-14-10-9-11-15-23)31(43)46-17-13-8-5-2)48-21-33(6-3)25(41)19-26(49-33)40-22-36-28-29(35)37-32(34)38-30(28)40/h3,9-11,14-15,22,24-26,41H,4-5,7-8,12-13,16-21H2,1-2H3,(H,39,44)(H2,35,37,38)/t24-,25-,26+,33+,50?/m0/s1. The predicted molar refractivity (Wildman–Crippen MR) is 180 cm³/mol. The molecule has 0 amide bonds. The lowest BCUT2D eigenvalue weighted by atomic mass is 9.99. The van der Waals surface area contributed by atoms with Crippen LogP contribution in [0, 0.1) is 18.4 Å². The SMILES string of the molecule is C#C[C@]1(COP(=O)(N[C@@H](Cc2ccccc2)C(=O)OCCCCC)OCC(=O)OCCCCC)O[C@@H](n2cnc3c(N)nc(F)nc32)C[C@@H]1O. The molecule has 17 heteroatoms. The summed E-state index contributed by atoms with van der Waals surface area (Å²) in [5.74, 6) is 0.651. The van der Waals surface area contributed by atoms with E-state index in [0.29, 0.717) is 18.4 Å². The number of nitrogens with one attached hydrogen (secondary N) is 1. The van der Waals surface area contributed by atoms with Crippen LogP contribution in [0.5, 0.6) is 0 Å². The number of ether oxygens (including phenoxy) is 3. The first-order chi connectivity index (χ1) is 24.0. The summed E-state index contributed by atoms with van der Waals surface area (Å²) in [6.07, 6.45) is 8.29. The molecule has 50 heavy (non-hydrogen) atoms. The number of nitrogens with zero attached hydrogens (tertiary/aromatic N) is 4. The van der Waals surface area contributed by atoms with Crippen molar-refractivity contribution in [2.75, 3.05) is 32.2 Å². The molecule has 3 heterocycles. The molecule has 2 aromatic heterocycles. The number of esters is 2. The molecule has 0 aliphatic carbocycles. The van der Waals surface area contributed by atoms with E-state index in [9.17, 15) is 23.7 Å². The Kier molecular flexibility index (Phi) is 14.2. The van der Waals surface area contributed by atoms with Gasteiger partial charge in [0, 0.05) is 6.42 Å². The summed E-state index contributed by atoms with van der Waals surface area (Å²) in [5, 5.41) is 13.8. The number of aliphatic hydroxyl groups is 1. The minimum Gasteiger partial charge on any atom is -0.465 e. The number of carbonyl (C=O) groups is 2. The van der Waals surface area contributed by atoms with Gasteiger partial charge >= 0.3 is 25.8 Å². The topological polar surface area (TPSA) is 199 Å². The number of imidazole rings is 1. The summed E-state index contributed by atoms with van der Waals surface area (Å²) in [6, 6.07) is 7.68.